The molecule has 1 amide bonds. The quantitative estimate of drug-likeness (QED) is 0.884. The highest BCUT2D eigenvalue weighted by atomic mass is 19.3. The number of nitrogens with one attached hydrogen (secondary N) is 2. The number of carbonyl (C=O) groups excluding carboxylic acids is 1. The number of hydrogen-bond donors (Lipinski definition) is 2. The molecule has 1 aromatic carbocycles. The lowest BCUT2D eigenvalue weighted by Gasteiger charge is -2.19. The van der Waals surface area contributed by atoms with E-state index in [1.165, 1.54) is 5.56 Å². The molecule has 23 heavy (non-hydrogen) atoms. The van der Waals surface area contributed by atoms with Gasteiger partial charge in [0.2, 0.25) is 0 Å². The number of H-pyrrole nitrogens is 1. The van der Waals surface area contributed by atoms with Gasteiger partial charge in [-0.2, -0.15) is 5.10 Å². The van der Waals surface area contributed by atoms with Crippen molar-refractivity contribution in [2.75, 3.05) is 6.54 Å². The van der Waals surface area contributed by atoms with Gasteiger partial charge in [0.25, 0.3) is 12.3 Å². The molecule has 1 heterocycles. The van der Waals surface area contributed by atoms with Crippen molar-refractivity contribution in [1.82, 2.24) is 15.5 Å². The van der Waals surface area contributed by atoms with Gasteiger partial charge in [-0.15, -0.1) is 0 Å². The second-order valence-corrected chi connectivity index (χ2v) is 6.45. The molecule has 2 rings (SSSR count). The van der Waals surface area contributed by atoms with Crippen LogP contribution in [0.3, 0.4) is 0 Å². The maximum atomic E-state index is 12.7. The van der Waals surface area contributed by atoms with E-state index < -0.39 is 18.0 Å². The molecule has 0 aliphatic heterocycles. The molecule has 4 nitrogen and oxygen atoms in total. The molecule has 0 bridgehead atoms. The van der Waals surface area contributed by atoms with Crippen molar-refractivity contribution in [2.45, 2.75) is 39.0 Å². The van der Waals surface area contributed by atoms with Crippen molar-refractivity contribution in [3.05, 3.63) is 52.8 Å². The molecular formula is C17H21F2N3O. The Morgan fingerprint density at radius 3 is 2.48 bits per heavy atom. The molecule has 0 aliphatic rings. The molecule has 0 spiro atoms. The minimum Gasteiger partial charge on any atom is -0.352 e. The predicted octanol–water partition coefficient (Wildman–Crippen LogP) is 3.62. The topological polar surface area (TPSA) is 57.8 Å². The van der Waals surface area contributed by atoms with Crippen LogP contribution in [-0.2, 0) is 11.8 Å². The van der Waals surface area contributed by atoms with Gasteiger partial charge in [-0.3, -0.25) is 9.89 Å². The lowest BCUT2D eigenvalue weighted by molar-refractivity contribution is 0.0939. The Bertz CT molecular complexity index is 657. The number of carbonyl (C=O) groups is 1. The SMILES string of the molecule is CC(C)(C)c1ccc(CCNC(=O)c2cn[nH]c2C(F)F)cc1. The molecule has 2 N–H and O–H groups in total. The summed E-state index contributed by atoms with van der Waals surface area (Å²) in [4.78, 5) is 11.9. The average Bonchev–Trinajstić information content (AvgIpc) is 2.96. The molecule has 0 saturated heterocycles. The van der Waals surface area contributed by atoms with Crippen LogP contribution in [0.2, 0.25) is 0 Å². The fraction of sp³-hybridized carbons (Fsp3) is 0.412. The summed E-state index contributed by atoms with van der Waals surface area (Å²) in [5, 5.41) is 8.29. The summed E-state index contributed by atoms with van der Waals surface area (Å²) in [7, 11) is 0. The van der Waals surface area contributed by atoms with Crippen LogP contribution >= 0.6 is 0 Å². The van der Waals surface area contributed by atoms with Crippen LogP contribution in [0.1, 0.15) is 54.4 Å². The molecular weight excluding hydrogens is 300 g/mol. The fourth-order valence-corrected chi connectivity index (χ4v) is 2.23. The first-order valence-corrected chi connectivity index (χ1v) is 7.48. The van der Waals surface area contributed by atoms with E-state index in [1.807, 2.05) is 12.1 Å². The number of alkyl halides is 2. The monoisotopic (exact) mass is 321 g/mol. The van der Waals surface area contributed by atoms with E-state index >= 15 is 0 Å². The van der Waals surface area contributed by atoms with E-state index in [-0.39, 0.29) is 11.0 Å². The van der Waals surface area contributed by atoms with Gasteiger partial charge >= 0.3 is 0 Å². The second-order valence-electron chi connectivity index (χ2n) is 6.45. The molecule has 1 aromatic heterocycles. The fourth-order valence-electron chi connectivity index (χ4n) is 2.23. The van der Waals surface area contributed by atoms with E-state index in [0.717, 1.165) is 11.8 Å². The van der Waals surface area contributed by atoms with Crippen LogP contribution < -0.4 is 5.32 Å². The maximum absolute atomic E-state index is 12.7. The van der Waals surface area contributed by atoms with E-state index in [2.05, 4.69) is 48.4 Å². The van der Waals surface area contributed by atoms with Crippen LogP contribution in [0, 0.1) is 0 Å². The van der Waals surface area contributed by atoms with Crippen molar-refractivity contribution in [3.63, 3.8) is 0 Å². The van der Waals surface area contributed by atoms with Crippen LogP contribution in [-0.4, -0.2) is 22.6 Å². The number of rotatable bonds is 5. The van der Waals surface area contributed by atoms with Crippen molar-refractivity contribution in [3.8, 4) is 0 Å². The van der Waals surface area contributed by atoms with Gasteiger partial charge in [0, 0.05) is 6.54 Å². The Kier molecular flexibility index (Phi) is 5.13. The Balaban J connectivity index is 1.90. The van der Waals surface area contributed by atoms with Crippen LogP contribution in [0.15, 0.2) is 30.5 Å². The zero-order chi connectivity index (χ0) is 17.0. The van der Waals surface area contributed by atoms with E-state index in [0.29, 0.717) is 13.0 Å². The van der Waals surface area contributed by atoms with Gasteiger partial charge in [0.1, 0.15) is 5.69 Å². The van der Waals surface area contributed by atoms with Crippen LogP contribution in [0.5, 0.6) is 0 Å². The lowest BCUT2D eigenvalue weighted by atomic mass is 9.86. The number of nitrogens with zero attached hydrogens (tertiary/aromatic N) is 1. The number of aromatic nitrogens is 2. The third-order valence-electron chi connectivity index (χ3n) is 3.65. The Hall–Kier alpha value is -2.24. The van der Waals surface area contributed by atoms with Crippen LogP contribution in [0.25, 0.3) is 0 Å². The molecule has 2 aromatic rings. The van der Waals surface area contributed by atoms with Crippen molar-refractivity contribution < 1.29 is 13.6 Å². The Labute approximate surface area is 134 Å². The van der Waals surface area contributed by atoms with Crippen LogP contribution in [0.4, 0.5) is 8.78 Å². The molecule has 0 unspecified atom stereocenters. The zero-order valence-corrected chi connectivity index (χ0v) is 13.5. The highest BCUT2D eigenvalue weighted by Gasteiger charge is 2.20. The third kappa shape index (κ3) is 4.37. The summed E-state index contributed by atoms with van der Waals surface area (Å²) in [6, 6.07) is 8.19. The third-order valence-corrected chi connectivity index (χ3v) is 3.65. The zero-order valence-electron chi connectivity index (χ0n) is 13.5. The second kappa shape index (κ2) is 6.89. The first kappa shape index (κ1) is 17.1. The summed E-state index contributed by atoms with van der Waals surface area (Å²) in [6.07, 6.45) is -0.990. The standard InChI is InChI=1S/C17H21F2N3O/c1-17(2,3)12-6-4-11(5-7-12)8-9-20-16(23)13-10-21-22-14(13)15(18)19/h4-7,10,15H,8-9H2,1-3H3,(H,20,23)(H,21,22). The lowest BCUT2D eigenvalue weighted by Crippen LogP contribution is -2.26. The molecule has 0 saturated carbocycles. The largest absolute Gasteiger partial charge is 0.352 e. The van der Waals surface area contributed by atoms with Gasteiger partial charge in [0.15, 0.2) is 0 Å². The van der Waals surface area contributed by atoms with Crippen molar-refractivity contribution in [1.29, 1.82) is 0 Å². The number of amides is 1. The average molecular weight is 321 g/mol. The normalized spacial score (nSPS) is 11.7. The van der Waals surface area contributed by atoms with Crippen molar-refractivity contribution in [2.24, 2.45) is 0 Å². The van der Waals surface area contributed by atoms with Gasteiger partial charge in [-0.25, -0.2) is 8.78 Å². The molecule has 0 aliphatic carbocycles. The minimum absolute atomic E-state index is 0.0969. The van der Waals surface area contributed by atoms with Gasteiger partial charge in [-0.1, -0.05) is 45.0 Å². The molecule has 0 atom stereocenters. The van der Waals surface area contributed by atoms with E-state index in [4.69, 9.17) is 0 Å². The van der Waals surface area contributed by atoms with E-state index in [9.17, 15) is 13.6 Å². The summed E-state index contributed by atoms with van der Waals surface area (Å²) in [5.41, 5.74) is 1.87. The number of hydrogen-bond acceptors (Lipinski definition) is 2. The predicted molar refractivity (Wildman–Crippen MR) is 84.7 cm³/mol. The smallest absolute Gasteiger partial charge is 0.280 e. The highest BCUT2D eigenvalue weighted by Crippen LogP contribution is 2.22. The maximum Gasteiger partial charge on any atom is 0.280 e. The number of halogens is 2. The highest BCUT2D eigenvalue weighted by molar-refractivity contribution is 5.95. The van der Waals surface area contributed by atoms with Gasteiger partial charge < -0.3 is 5.32 Å². The summed E-state index contributed by atoms with van der Waals surface area (Å²) in [5.74, 6) is -0.541. The number of aromatic amines is 1. The first-order chi connectivity index (χ1) is 10.8. The first-order valence-electron chi connectivity index (χ1n) is 7.48. The Morgan fingerprint density at radius 1 is 1.26 bits per heavy atom. The summed E-state index contributed by atoms with van der Waals surface area (Å²) < 4.78 is 25.4. The summed E-state index contributed by atoms with van der Waals surface area (Å²) in [6.45, 7) is 6.82. The molecule has 0 radical (unpaired) electrons. The van der Waals surface area contributed by atoms with E-state index in [1.54, 1.807) is 0 Å². The molecule has 6 heteroatoms. The molecule has 0 fully saturated rings. The van der Waals surface area contributed by atoms with Gasteiger partial charge in [0.05, 0.1) is 11.8 Å². The summed E-state index contributed by atoms with van der Waals surface area (Å²) >= 11 is 0. The number of benzene rings is 1. The minimum atomic E-state index is -2.75. The van der Waals surface area contributed by atoms with Crippen molar-refractivity contribution >= 4 is 5.91 Å². The Morgan fingerprint density at radius 2 is 1.91 bits per heavy atom. The van der Waals surface area contributed by atoms with Gasteiger partial charge in [-0.05, 0) is 23.0 Å². The molecule has 124 valence electrons.